The van der Waals surface area contributed by atoms with Gasteiger partial charge in [0.15, 0.2) is 9.84 Å². The Bertz CT molecular complexity index is 459. The number of aryl methyl sites for hydroxylation is 2. The number of hydrogen-bond donors (Lipinski definition) is 0. The second-order valence-corrected chi connectivity index (χ2v) is 5.75. The molecule has 82 valence electrons. The molecule has 0 saturated carbocycles. The van der Waals surface area contributed by atoms with Crippen LogP contribution < -0.4 is 0 Å². The van der Waals surface area contributed by atoms with Crippen LogP contribution in [0, 0.1) is 13.8 Å². The Hall–Kier alpha value is -1.09. The van der Waals surface area contributed by atoms with Crippen LogP contribution in [0.3, 0.4) is 0 Å². The number of rotatable bonds is 4. The van der Waals surface area contributed by atoms with Gasteiger partial charge in [-0.25, -0.2) is 8.42 Å². The van der Waals surface area contributed by atoms with E-state index >= 15 is 0 Å². The van der Waals surface area contributed by atoms with Gasteiger partial charge < -0.3 is 0 Å². The van der Waals surface area contributed by atoms with Gasteiger partial charge in [-0.1, -0.05) is 12.1 Å². The van der Waals surface area contributed by atoms with Crippen LogP contribution in [-0.4, -0.2) is 14.2 Å². The zero-order chi connectivity index (χ0) is 11.5. The maximum Gasteiger partial charge on any atom is 0.178 e. The van der Waals surface area contributed by atoms with E-state index in [1.165, 1.54) is 0 Å². The van der Waals surface area contributed by atoms with Crippen LogP contribution in [0.2, 0.25) is 0 Å². The third-order valence-electron chi connectivity index (χ3n) is 2.43. The Morgan fingerprint density at radius 3 is 2.47 bits per heavy atom. The van der Waals surface area contributed by atoms with Gasteiger partial charge in [0.2, 0.25) is 0 Å². The van der Waals surface area contributed by atoms with Gasteiger partial charge in [0.1, 0.15) is 0 Å². The molecule has 3 heteroatoms. The van der Waals surface area contributed by atoms with Crippen LogP contribution >= 0.6 is 0 Å². The summed E-state index contributed by atoms with van der Waals surface area (Å²) >= 11 is 0. The minimum Gasteiger partial charge on any atom is -0.224 e. The highest BCUT2D eigenvalue weighted by atomic mass is 32.2. The second kappa shape index (κ2) is 4.62. The predicted molar refractivity (Wildman–Crippen MR) is 62.8 cm³/mol. The molecule has 0 fully saturated rings. The van der Waals surface area contributed by atoms with Gasteiger partial charge in [-0.15, -0.1) is 6.58 Å². The third-order valence-corrected chi connectivity index (χ3v) is 4.17. The molecule has 0 aromatic heterocycles. The van der Waals surface area contributed by atoms with Gasteiger partial charge in [-0.2, -0.15) is 0 Å². The number of benzene rings is 1. The van der Waals surface area contributed by atoms with Gasteiger partial charge in [0, 0.05) is 0 Å². The Labute approximate surface area is 91.6 Å². The van der Waals surface area contributed by atoms with Crippen molar-refractivity contribution in [2.24, 2.45) is 0 Å². The van der Waals surface area contributed by atoms with Gasteiger partial charge in [-0.05, 0) is 43.5 Å². The van der Waals surface area contributed by atoms with E-state index in [0.29, 0.717) is 11.3 Å². The fraction of sp³-hybridized carbons (Fsp3) is 0.333. The fourth-order valence-electron chi connectivity index (χ4n) is 1.26. The Balaban J connectivity index is 3.05. The molecule has 0 heterocycles. The normalized spacial score (nSPS) is 11.3. The first-order valence-electron chi connectivity index (χ1n) is 4.88. The summed E-state index contributed by atoms with van der Waals surface area (Å²) < 4.78 is 23.6. The lowest BCUT2D eigenvalue weighted by Gasteiger charge is -2.05. The van der Waals surface area contributed by atoms with Gasteiger partial charge in [0.25, 0.3) is 0 Å². The minimum absolute atomic E-state index is 0.138. The van der Waals surface area contributed by atoms with E-state index in [9.17, 15) is 8.42 Å². The molecule has 0 aliphatic rings. The average Bonchev–Trinajstić information content (AvgIpc) is 2.19. The van der Waals surface area contributed by atoms with Crippen molar-refractivity contribution in [1.29, 1.82) is 0 Å². The SMILES string of the molecule is C=CCCS(=O)(=O)c1ccc(C)c(C)c1. The molecule has 0 N–H and O–H groups in total. The van der Waals surface area contributed by atoms with Crippen molar-refractivity contribution < 1.29 is 8.42 Å². The van der Waals surface area contributed by atoms with Crippen LogP contribution in [0.4, 0.5) is 0 Å². The van der Waals surface area contributed by atoms with Crippen molar-refractivity contribution in [3.63, 3.8) is 0 Å². The monoisotopic (exact) mass is 224 g/mol. The topological polar surface area (TPSA) is 34.1 Å². The molecular formula is C12H16O2S. The Morgan fingerprint density at radius 2 is 1.93 bits per heavy atom. The van der Waals surface area contributed by atoms with Crippen LogP contribution in [0.15, 0.2) is 35.7 Å². The number of hydrogen-bond acceptors (Lipinski definition) is 2. The summed E-state index contributed by atoms with van der Waals surface area (Å²) in [5.41, 5.74) is 2.12. The molecule has 1 rings (SSSR count). The summed E-state index contributed by atoms with van der Waals surface area (Å²) in [6, 6.07) is 5.24. The van der Waals surface area contributed by atoms with Crippen LogP contribution in [-0.2, 0) is 9.84 Å². The van der Waals surface area contributed by atoms with E-state index in [2.05, 4.69) is 6.58 Å². The Morgan fingerprint density at radius 1 is 1.27 bits per heavy atom. The van der Waals surface area contributed by atoms with Crippen LogP contribution in [0.25, 0.3) is 0 Å². The van der Waals surface area contributed by atoms with Crippen LogP contribution in [0.1, 0.15) is 17.5 Å². The highest BCUT2D eigenvalue weighted by Crippen LogP contribution is 2.16. The first kappa shape index (κ1) is 12.0. The smallest absolute Gasteiger partial charge is 0.178 e. The largest absolute Gasteiger partial charge is 0.224 e. The zero-order valence-corrected chi connectivity index (χ0v) is 9.97. The first-order chi connectivity index (χ1) is 6.97. The molecule has 0 radical (unpaired) electrons. The maximum absolute atomic E-state index is 11.8. The summed E-state index contributed by atoms with van der Waals surface area (Å²) in [5, 5.41) is 0. The van der Waals surface area contributed by atoms with Crippen molar-refractivity contribution in [2.75, 3.05) is 5.75 Å². The molecular weight excluding hydrogens is 208 g/mol. The molecule has 15 heavy (non-hydrogen) atoms. The Kier molecular flexibility index (Phi) is 3.69. The minimum atomic E-state index is -3.13. The molecule has 1 aromatic rings. The van der Waals surface area contributed by atoms with Crippen molar-refractivity contribution in [1.82, 2.24) is 0 Å². The van der Waals surface area contributed by atoms with Gasteiger partial charge in [0.05, 0.1) is 10.6 Å². The molecule has 2 nitrogen and oxygen atoms in total. The lowest BCUT2D eigenvalue weighted by Crippen LogP contribution is -2.06. The third kappa shape index (κ3) is 2.93. The standard InChI is InChI=1S/C12H16O2S/c1-4-5-8-15(13,14)12-7-6-10(2)11(3)9-12/h4,6-7,9H,1,5,8H2,2-3H3. The summed E-state index contributed by atoms with van der Waals surface area (Å²) in [4.78, 5) is 0.410. The zero-order valence-electron chi connectivity index (χ0n) is 9.16. The van der Waals surface area contributed by atoms with Crippen molar-refractivity contribution >= 4 is 9.84 Å². The maximum atomic E-state index is 11.8. The summed E-state index contributed by atoms with van der Waals surface area (Å²) in [6.07, 6.45) is 2.12. The van der Waals surface area contributed by atoms with E-state index in [1.54, 1.807) is 18.2 Å². The molecule has 0 atom stereocenters. The highest BCUT2D eigenvalue weighted by Gasteiger charge is 2.13. The fourth-order valence-corrected chi connectivity index (χ4v) is 2.61. The van der Waals surface area contributed by atoms with Crippen molar-refractivity contribution in [3.8, 4) is 0 Å². The highest BCUT2D eigenvalue weighted by molar-refractivity contribution is 7.91. The quantitative estimate of drug-likeness (QED) is 0.737. The van der Waals surface area contributed by atoms with E-state index in [4.69, 9.17) is 0 Å². The van der Waals surface area contributed by atoms with Gasteiger partial charge >= 0.3 is 0 Å². The van der Waals surface area contributed by atoms with Crippen LogP contribution in [0.5, 0.6) is 0 Å². The molecule has 0 bridgehead atoms. The molecule has 0 unspecified atom stereocenters. The van der Waals surface area contributed by atoms with E-state index in [-0.39, 0.29) is 5.75 Å². The molecule has 0 aliphatic heterocycles. The lowest BCUT2D eigenvalue weighted by molar-refractivity contribution is 0.595. The van der Waals surface area contributed by atoms with Crippen molar-refractivity contribution in [2.45, 2.75) is 25.2 Å². The van der Waals surface area contributed by atoms with E-state index in [1.807, 2.05) is 19.9 Å². The number of sulfone groups is 1. The second-order valence-electron chi connectivity index (χ2n) is 3.64. The molecule has 0 aliphatic carbocycles. The molecule has 0 amide bonds. The molecule has 0 spiro atoms. The predicted octanol–water partition coefficient (Wildman–Crippen LogP) is 2.65. The average molecular weight is 224 g/mol. The molecule has 1 aromatic carbocycles. The number of allylic oxidation sites excluding steroid dienone is 1. The molecule has 0 saturated heterocycles. The summed E-state index contributed by atoms with van der Waals surface area (Å²) in [7, 11) is -3.13. The lowest BCUT2D eigenvalue weighted by atomic mass is 10.1. The van der Waals surface area contributed by atoms with E-state index < -0.39 is 9.84 Å². The van der Waals surface area contributed by atoms with E-state index in [0.717, 1.165) is 11.1 Å². The van der Waals surface area contributed by atoms with Crippen molar-refractivity contribution in [3.05, 3.63) is 42.0 Å². The van der Waals surface area contributed by atoms with Gasteiger partial charge in [-0.3, -0.25) is 0 Å². The summed E-state index contributed by atoms with van der Waals surface area (Å²) in [5.74, 6) is 0.138. The first-order valence-corrected chi connectivity index (χ1v) is 6.53. The summed E-state index contributed by atoms with van der Waals surface area (Å²) in [6.45, 7) is 7.41.